The maximum absolute atomic E-state index is 13.2. The number of carboxylic acid groups (broad SMARTS) is 1. The summed E-state index contributed by atoms with van der Waals surface area (Å²) in [7, 11) is 0. The van der Waals surface area contributed by atoms with E-state index in [0.717, 1.165) is 16.7 Å². The SMILES string of the molecule is O=C(O)C1CC(CNc2nc(-c3ccc(-c4ccc(F)cc4)cc3)c(-c3cncnc3)o2)C1. The fourth-order valence-corrected chi connectivity index (χ4v) is 4.00. The van der Waals surface area contributed by atoms with Gasteiger partial charge >= 0.3 is 5.97 Å². The van der Waals surface area contributed by atoms with Crippen LogP contribution in [0.5, 0.6) is 0 Å². The highest BCUT2D eigenvalue weighted by atomic mass is 19.1. The molecular formula is C25H21FN4O3. The highest BCUT2D eigenvalue weighted by Crippen LogP contribution is 2.37. The number of oxazole rings is 1. The van der Waals surface area contributed by atoms with Gasteiger partial charge in [-0.3, -0.25) is 4.79 Å². The lowest BCUT2D eigenvalue weighted by molar-refractivity contribution is -0.146. The van der Waals surface area contributed by atoms with Gasteiger partial charge in [0.15, 0.2) is 5.76 Å². The molecule has 0 spiro atoms. The molecule has 8 heteroatoms. The molecule has 5 rings (SSSR count). The van der Waals surface area contributed by atoms with E-state index < -0.39 is 5.97 Å². The van der Waals surface area contributed by atoms with E-state index in [0.29, 0.717) is 42.4 Å². The topological polar surface area (TPSA) is 101 Å². The molecule has 2 aromatic carbocycles. The Bertz CT molecular complexity index is 1250. The summed E-state index contributed by atoms with van der Waals surface area (Å²) in [6.45, 7) is 0.595. The minimum absolute atomic E-state index is 0.256. The minimum Gasteiger partial charge on any atom is -0.481 e. The maximum atomic E-state index is 13.2. The molecule has 1 saturated carbocycles. The van der Waals surface area contributed by atoms with E-state index >= 15 is 0 Å². The molecule has 0 atom stereocenters. The van der Waals surface area contributed by atoms with Gasteiger partial charge in [0.1, 0.15) is 17.8 Å². The van der Waals surface area contributed by atoms with Gasteiger partial charge in [-0.2, -0.15) is 4.98 Å². The Kier molecular flexibility index (Phi) is 5.56. The Morgan fingerprint density at radius 2 is 1.58 bits per heavy atom. The molecule has 0 radical (unpaired) electrons. The van der Waals surface area contributed by atoms with E-state index in [4.69, 9.17) is 9.52 Å². The summed E-state index contributed by atoms with van der Waals surface area (Å²) in [4.78, 5) is 23.8. The molecule has 1 aliphatic rings. The van der Waals surface area contributed by atoms with Gasteiger partial charge in [-0.15, -0.1) is 0 Å². The molecule has 33 heavy (non-hydrogen) atoms. The molecule has 4 aromatic rings. The summed E-state index contributed by atoms with van der Waals surface area (Å²) in [5.74, 6) is -0.439. The van der Waals surface area contributed by atoms with Gasteiger partial charge in [0.05, 0.1) is 11.5 Å². The number of aliphatic carboxylic acids is 1. The smallest absolute Gasteiger partial charge is 0.306 e. The number of benzene rings is 2. The fraction of sp³-hybridized carbons (Fsp3) is 0.200. The van der Waals surface area contributed by atoms with Crippen molar-refractivity contribution in [2.75, 3.05) is 11.9 Å². The monoisotopic (exact) mass is 444 g/mol. The van der Waals surface area contributed by atoms with E-state index in [2.05, 4.69) is 20.3 Å². The van der Waals surface area contributed by atoms with Gasteiger partial charge in [-0.1, -0.05) is 36.4 Å². The molecule has 1 fully saturated rings. The van der Waals surface area contributed by atoms with Crippen molar-refractivity contribution in [2.24, 2.45) is 11.8 Å². The van der Waals surface area contributed by atoms with Crippen molar-refractivity contribution in [1.82, 2.24) is 15.0 Å². The number of nitrogens with one attached hydrogen (secondary N) is 1. The van der Waals surface area contributed by atoms with Crippen molar-refractivity contribution >= 4 is 12.0 Å². The van der Waals surface area contributed by atoms with Gasteiger partial charge in [0, 0.05) is 24.5 Å². The standard InChI is InChI=1S/C25H21FN4O3/c26-21-7-5-17(6-8-21)16-1-3-18(4-2-16)22-23(20-12-27-14-28-13-20)33-25(30-22)29-11-15-9-19(10-15)24(31)32/h1-8,12-15,19H,9-11H2,(H,29,30)(H,31,32). The van der Waals surface area contributed by atoms with Crippen molar-refractivity contribution in [3.8, 4) is 33.7 Å². The lowest BCUT2D eigenvalue weighted by Gasteiger charge is -2.31. The average Bonchev–Trinajstić information content (AvgIpc) is 3.23. The summed E-state index contributed by atoms with van der Waals surface area (Å²) in [5, 5.41) is 12.3. The Hall–Kier alpha value is -4.07. The first-order chi connectivity index (χ1) is 16.1. The first-order valence-electron chi connectivity index (χ1n) is 10.7. The van der Waals surface area contributed by atoms with Gasteiger partial charge in [-0.05, 0) is 42.0 Å². The highest BCUT2D eigenvalue weighted by Gasteiger charge is 2.34. The Morgan fingerprint density at radius 1 is 0.970 bits per heavy atom. The number of rotatable bonds is 7. The van der Waals surface area contributed by atoms with Crippen LogP contribution in [-0.4, -0.2) is 32.6 Å². The van der Waals surface area contributed by atoms with Gasteiger partial charge in [0.2, 0.25) is 0 Å². The van der Waals surface area contributed by atoms with Crippen molar-refractivity contribution in [1.29, 1.82) is 0 Å². The average molecular weight is 444 g/mol. The van der Waals surface area contributed by atoms with E-state index in [1.807, 2.05) is 24.3 Å². The number of carbonyl (C=O) groups is 1. The van der Waals surface area contributed by atoms with Crippen molar-refractivity contribution in [2.45, 2.75) is 12.8 Å². The summed E-state index contributed by atoms with van der Waals surface area (Å²) in [5.41, 5.74) is 4.08. The Balaban J connectivity index is 1.39. The molecule has 0 aliphatic heterocycles. The molecule has 166 valence electrons. The normalized spacial score (nSPS) is 17.4. The molecular weight excluding hydrogens is 423 g/mol. The predicted molar refractivity (Wildman–Crippen MR) is 121 cm³/mol. The third-order valence-electron chi connectivity index (χ3n) is 5.91. The number of nitrogens with zero attached hydrogens (tertiary/aromatic N) is 3. The van der Waals surface area contributed by atoms with Gasteiger partial charge < -0.3 is 14.8 Å². The van der Waals surface area contributed by atoms with Crippen LogP contribution in [-0.2, 0) is 4.79 Å². The number of aromatic nitrogens is 3. The summed E-state index contributed by atoms with van der Waals surface area (Å²) < 4.78 is 19.2. The Labute approximate surface area is 189 Å². The number of carboxylic acids is 1. The van der Waals surface area contributed by atoms with Crippen molar-refractivity contribution in [3.63, 3.8) is 0 Å². The highest BCUT2D eigenvalue weighted by molar-refractivity contribution is 5.79. The second-order valence-corrected chi connectivity index (χ2v) is 8.16. The summed E-state index contributed by atoms with van der Waals surface area (Å²) in [6, 6.07) is 14.5. The van der Waals surface area contributed by atoms with E-state index in [-0.39, 0.29) is 17.7 Å². The fourth-order valence-electron chi connectivity index (χ4n) is 4.00. The molecule has 0 saturated heterocycles. The maximum Gasteiger partial charge on any atom is 0.306 e. The second kappa shape index (κ2) is 8.82. The number of hydrogen-bond acceptors (Lipinski definition) is 6. The number of anilines is 1. The van der Waals surface area contributed by atoms with Crippen LogP contribution in [0.3, 0.4) is 0 Å². The van der Waals surface area contributed by atoms with E-state index in [9.17, 15) is 9.18 Å². The first-order valence-corrected chi connectivity index (χ1v) is 10.7. The third kappa shape index (κ3) is 4.45. The van der Waals surface area contributed by atoms with Crippen LogP contribution in [0.25, 0.3) is 33.7 Å². The molecule has 0 bridgehead atoms. The minimum atomic E-state index is -0.736. The van der Waals surface area contributed by atoms with Gasteiger partial charge in [-0.25, -0.2) is 14.4 Å². The van der Waals surface area contributed by atoms with E-state index in [1.54, 1.807) is 24.5 Å². The molecule has 0 amide bonds. The van der Waals surface area contributed by atoms with Crippen LogP contribution in [0.15, 0.2) is 71.7 Å². The van der Waals surface area contributed by atoms with Crippen LogP contribution < -0.4 is 5.32 Å². The zero-order valence-electron chi connectivity index (χ0n) is 17.6. The second-order valence-electron chi connectivity index (χ2n) is 8.16. The van der Waals surface area contributed by atoms with Crippen LogP contribution in [0.2, 0.25) is 0 Å². The zero-order chi connectivity index (χ0) is 22.8. The Morgan fingerprint density at radius 3 is 2.21 bits per heavy atom. The van der Waals surface area contributed by atoms with E-state index in [1.165, 1.54) is 18.5 Å². The predicted octanol–water partition coefficient (Wildman–Crippen LogP) is 5.13. The molecule has 1 aliphatic carbocycles. The molecule has 7 nitrogen and oxygen atoms in total. The summed E-state index contributed by atoms with van der Waals surface area (Å²) in [6.07, 6.45) is 6.08. The largest absolute Gasteiger partial charge is 0.481 e. The lowest BCUT2D eigenvalue weighted by atomic mass is 9.75. The first kappa shape index (κ1) is 20.8. The van der Waals surface area contributed by atoms with Crippen LogP contribution in [0.4, 0.5) is 10.4 Å². The zero-order valence-corrected chi connectivity index (χ0v) is 17.6. The molecule has 2 N–H and O–H groups in total. The van der Waals surface area contributed by atoms with Crippen LogP contribution in [0, 0.1) is 17.7 Å². The third-order valence-corrected chi connectivity index (χ3v) is 5.91. The van der Waals surface area contributed by atoms with Gasteiger partial charge in [0.25, 0.3) is 6.01 Å². The van der Waals surface area contributed by atoms with Crippen molar-refractivity contribution < 1.29 is 18.7 Å². The lowest BCUT2D eigenvalue weighted by Crippen LogP contribution is -2.34. The quantitative estimate of drug-likeness (QED) is 0.408. The number of hydrogen-bond donors (Lipinski definition) is 2. The molecule has 2 aromatic heterocycles. The van der Waals surface area contributed by atoms with Crippen LogP contribution in [0.1, 0.15) is 12.8 Å². The summed E-state index contributed by atoms with van der Waals surface area (Å²) >= 11 is 0. The van der Waals surface area contributed by atoms with Crippen molar-refractivity contribution in [3.05, 3.63) is 73.1 Å². The molecule has 2 heterocycles. The molecule has 0 unspecified atom stereocenters. The van der Waals surface area contributed by atoms with Crippen LogP contribution >= 0.6 is 0 Å². The number of halogens is 1.